The highest BCUT2D eigenvalue weighted by Crippen LogP contribution is 2.28. The predicted molar refractivity (Wildman–Crippen MR) is 118 cm³/mol. The van der Waals surface area contributed by atoms with E-state index in [-0.39, 0.29) is 12.2 Å². The molecule has 5 heteroatoms. The molecule has 3 aromatic rings. The molecule has 2 atom stereocenters. The molecule has 0 spiro atoms. The number of fused-ring (bicyclic) bond motifs is 1. The number of benzene rings is 2. The first kappa shape index (κ1) is 19.7. The minimum Gasteiger partial charge on any atom is -0.496 e. The normalized spacial score (nSPS) is 19.5. The Morgan fingerprint density at radius 2 is 1.83 bits per heavy atom. The van der Waals surface area contributed by atoms with Gasteiger partial charge < -0.3 is 19.7 Å². The number of methoxy groups -OCH3 is 1. The number of rotatable bonds is 6. The van der Waals surface area contributed by atoms with Gasteiger partial charge in [0.15, 0.2) is 0 Å². The van der Waals surface area contributed by atoms with E-state index in [1.807, 2.05) is 12.3 Å². The molecule has 4 rings (SSSR count). The molecule has 0 aliphatic carbocycles. The van der Waals surface area contributed by atoms with Gasteiger partial charge in [-0.25, -0.2) is 4.98 Å². The Bertz CT molecular complexity index is 948. The van der Waals surface area contributed by atoms with Crippen LogP contribution in [0.15, 0.2) is 54.7 Å². The van der Waals surface area contributed by atoms with E-state index in [4.69, 9.17) is 9.47 Å². The highest BCUT2D eigenvalue weighted by molar-refractivity contribution is 5.87. The van der Waals surface area contributed by atoms with E-state index >= 15 is 0 Å². The Morgan fingerprint density at radius 1 is 1.03 bits per heavy atom. The number of morpholine rings is 1. The van der Waals surface area contributed by atoms with Crippen LogP contribution in [0.5, 0.6) is 5.75 Å². The van der Waals surface area contributed by atoms with Crippen LogP contribution in [0.1, 0.15) is 25.0 Å². The van der Waals surface area contributed by atoms with Crippen molar-refractivity contribution in [1.82, 2.24) is 10.3 Å². The molecule has 1 aliphatic heterocycles. The molecule has 2 heterocycles. The molecule has 2 aromatic carbocycles. The fourth-order valence-electron chi connectivity index (χ4n) is 4.09. The number of nitrogens with one attached hydrogen (secondary N) is 1. The lowest BCUT2D eigenvalue weighted by molar-refractivity contribution is -0.00545. The zero-order valence-electron chi connectivity index (χ0n) is 17.4. The van der Waals surface area contributed by atoms with Gasteiger partial charge in [-0.3, -0.25) is 0 Å². The molecular formula is C24H29N3O2. The summed E-state index contributed by atoms with van der Waals surface area (Å²) in [7, 11) is 1.73. The van der Waals surface area contributed by atoms with Crippen LogP contribution in [0.4, 0.5) is 5.82 Å². The fourth-order valence-corrected chi connectivity index (χ4v) is 4.09. The third kappa shape index (κ3) is 4.52. The van der Waals surface area contributed by atoms with Crippen molar-refractivity contribution in [2.45, 2.75) is 39.1 Å². The summed E-state index contributed by atoms with van der Waals surface area (Å²) in [5.74, 6) is 1.94. The van der Waals surface area contributed by atoms with E-state index in [0.717, 1.165) is 37.7 Å². The third-order valence-electron chi connectivity index (χ3n) is 5.40. The summed E-state index contributed by atoms with van der Waals surface area (Å²) in [4.78, 5) is 6.99. The smallest absolute Gasteiger partial charge is 0.128 e. The van der Waals surface area contributed by atoms with Gasteiger partial charge in [0.25, 0.3) is 0 Å². The Balaban J connectivity index is 1.41. The van der Waals surface area contributed by atoms with Crippen molar-refractivity contribution >= 4 is 16.6 Å². The second kappa shape index (κ2) is 8.80. The maximum Gasteiger partial charge on any atom is 0.128 e. The summed E-state index contributed by atoms with van der Waals surface area (Å²) < 4.78 is 11.4. The van der Waals surface area contributed by atoms with Crippen molar-refractivity contribution in [3.05, 3.63) is 65.9 Å². The van der Waals surface area contributed by atoms with Crippen molar-refractivity contribution in [2.24, 2.45) is 0 Å². The first-order valence-electron chi connectivity index (χ1n) is 10.2. The van der Waals surface area contributed by atoms with E-state index in [9.17, 15) is 0 Å². The molecule has 1 aromatic heterocycles. The van der Waals surface area contributed by atoms with Crippen LogP contribution in [0.3, 0.4) is 0 Å². The maximum atomic E-state index is 5.82. The van der Waals surface area contributed by atoms with E-state index in [2.05, 4.69) is 71.5 Å². The van der Waals surface area contributed by atoms with Crippen molar-refractivity contribution < 1.29 is 9.47 Å². The van der Waals surface area contributed by atoms with Gasteiger partial charge in [-0.1, -0.05) is 36.4 Å². The van der Waals surface area contributed by atoms with Gasteiger partial charge in [-0.2, -0.15) is 0 Å². The first-order valence-corrected chi connectivity index (χ1v) is 10.2. The zero-order chi connectivity index (χ0) is 20.2. The molecule has 0 bridgehead atoms. The molecule has 152 valence electrons. The lowest BCUT2D eigenvalue weighted by atomic mass is 10.0. The number of anilines is 1. The van der Waals surface area contributed by atoms with Crippen LogP contribution in [-0.4, -0.2) is 37.4 Å². The van der Waals surface area contributed by atoms with Gasteiger partial charge >= 0.3 is 0 Å². The van der Waals surface area contributed by atoms with Gasteiger partial charge in [-0.05, 0) is 42.3 Å². The topological polar surface area (TPSA) is 46.6 Å². The number of hydrogen-bond acceptors (Lipinski definition) is 5. The van der Waals surface area contributed by atoms with Crippen LogP contribution >= 0.6 is 0 Å². The average molecular weight is 392 g/mol. The van der Waals surface area contributed by atoms with Crippen LogP contribution < -0.4 is 15.0 Å². The summed E-state index contributed by atoms with van der Waals surface area (Å²) in [6.07, 6.45) is 2.43. The molecular weight excluding hydrogens is 362 g/mol. The van der Waals surface area contributed by atoms with Crippen molar-refractivity contribution in [2.75, 3.05) is 25.1 Å². The average Bonchev–Trinajstić information content (AvgIpc) is 2.73. The summed E-state index contributed by atoms with van der Waals surface area (Å²) in [5.41, 5.74) is 2.36. The molecule has 1 fully saturated rings. The number of aromatic nitrogens is 1. The predicted octanol–water partition coefficient (Wildman–Crippen LogP) is 4.15. The van der Waals surface area contributed by atoms with E-state index in [1.165, 1.54) is 21.9 Å². The number of ether oxygens (including phenoxy) is 2. The number of pyridine rings is 1. The Kier molecular flexibility index (Phi) is 5.97. The molecule has 1 aliphatic rings. The second-order valence-electron chi connectivity index (χ2n) is 7.76. The van der Waals surface area contributed by atoms with Crippen LogP contribution in [-0.2, 0) is 17.8 Å². The molecule has 1 N–H and O–H groups in total. The standard InChI is InChI=1S/C24H29N3O2/c1-17-15-27(16-18(2)29-17)24-11-8-19(13-26-24)12-25-14-22-21-7-5-4-6-20(21)9-10-23(22)28-3/h4-11,13,17-18,25H,12,14-16H2,1-3H3/t17-,18-/m0/s1. The highest BCUT2D eigenvalue weighted by Gasteiger charge is 2.22. The zero-order valence-corrected chi connectivity index (χ0v) is 17.4. The Morgan fingerprint density at radius 3 is 2.55 bits per heavy atom. The largest absolute Gasteiger partial charge is 0.496 e. The molecule has 0 radical (unpaired) electrons. The molecule has 0 saturated carbocycles. The third-order valence-corrected chi connectivity index (χ3v) is 5.40. The van der Waals surface area contributed by atoms with Gasteiger partial charge in [-0.15, -0.1) is 0 Å². The van der Waals surface area contributed by atoms with E-state index in [0.29, 0.717) is 0 Å². The summed E-state index contributed by atoms with van der Waals surface area (Å²) in [6, 6.07) is 16.8. The molecule has 0 unspecified atom stereocenters. The molecule has 29 heavy (non-hydrogen) atoms. The van der Waals surface area contributed by atoms with Gasteiger partial charge in [0.05, 0.1) is 19.3 Å². The highest BCUT2D eigenvalue weighted by atomic mass is 16.5. The van der Waals surface area contributed by atoms with Gasteiger partial charge in [0.1, 0.15) is 11.6 Å². The van der Waals surface area contributed by atoms with Gasteiger partial charge in [0.2, 0.25) is 0 Å². The summed E-state index contributed by atoms with van der Waals surface area (Å²) >= 11 is 0. The minimum atomic E-state index is 0.234. The Labute approximate surface area is 172 Å². The monoisotopic (exact) mass is 391 g/mol. The van der Waals surface area contributed by atoms with E-state index in [1.54, 1.807) is 7.11 Å². The van der Waals surface area contributed by atoms with Crippen molar-refractivity contribution in [1.29, 1.82) is 0 Å². The lowest BCUT2D eigenvalue weighted by Gasteiger charge is -2.36. The maximum absolute atomic E-state index is 5.82. The molecule has 5 nitrogen and oxygen atoms in total. The summed E-state index contributed by atoms with van der Waals surface area (Å²) in [6.45, 7) is 7.50. The van der Waals surface area contributed by atoms with Gasteiger partial charge in [0, 0.05) is 37.9 Å². The van der Waals surface area contributed by atoms with Crippen molar-refractivity contribution in [3.8, 4) is 5.75 Å². The first-order chi connectivity index (χ1) is 14.1. The van der Waals surface area contributed by atoms with Crippen LogP contribution in [0.2, 0.25) is 0 Å². The molecule has 0 amide bonds. The number of nitrogens with zero attached hydrogens (tertiary/aromatic N) is 2. The minimum absolute atomic E-state index is 0.234. The van der Waals surface area contributed by atoms with Crippen LogP contribution in [0, 0.1) is 0 Å². The SMILES string of the molecule is COc1ccc2ccccc2c1CNCc1ccc(N2C[C@H](C)O[C@@H](C)C2)nc1. The van der Waals surface area contributed by atoms with E-state index < -0.39 is 0 Å². The number of hydrogen-bond donors (Lipinski definition) is 1. The summed E-state index contributed by atoms with van der Waals surface area (Å²) in [5, 5.41) is 6.00. The fraction of sp³-hybridized carbons (Fsp3) is 0.375. The van der Waals surface area contributed by atoms with Crippen LogP contribution in [0.25, 0.3) is 10.8 Å². The van der Waals surface area contributed by atoms with Crippen molar-refractivity contribution in [3.63, 3.8) is 0 Å². The second-order valence-corrected chi connectivity index (χ2v) is 7.76. The lowest BCUT2D eigenvalue weighted by Crippen LogP contribution is -2.45. The molecule has 1 saturated heterocycles. The Hall–Kier alpha value is -2.63. The quantitative estimate of drug-likeness (QED) is 0.684.